The van der Waals surface area contributed by atoms with E-state index in [1.165, 1.54) is 6.07 Å². The number of nitrogens with zero attached hydrogens (tertiary/aromatic N) is 2. The third kappa shape index (κ3) is 3.15. The summed E-state index contributed by atoms with van der Waals surface area (Å²) in [5.41, 5.74) is 1.29. The van der Waals surface area contributed by atoms with E-state index >= 15 is 0 Å². The molecule has 0 amide bonds. The number of hydrogen-bond donors (Lipinski definition) is 0. The van der Waals surface area contributed by atoms with Crippen LogP contribution in [0.4, 0.5) is 13.2 Å². The fourth-order valence-electron chi connectivity index (χ4n) is 2.72. The Hall–Kier alpha value is -3.02. The van der Waals surface area contributed by atoms with E-state index in [1.54, 1.807) is 23.0 Å². The zero-order valence-electron chi connectivity index (χ0n) is 13.0. The molecule has 0 atom stereocenters. The molecule has 0 N–H and O–H groups in total. The van der Waals surface area contributed by atoms with Gasteiger partial charge in [0.05, 0.1) is 12.1 Å². The van der Waals surface area contributed by atoms with Crippen molar-refractivity contribution < 1.29 is 17.6 Å². The third-order valence-corrected chi connectivity index (χ3v) is 3.92. The summed E-state index contributed by atoms with van der Waals surface area (Å²) in [6.45, 7) is 0.254. The van der Waals surface area contributed by atoms with Gasteiger partial charge in [-0.05, 0) is 35.9 Å². The molecular formula is C19H13F3N2O. The zero-order valence-corrected chi connectivity index (χ0v) is 13.0. The van der Waals surface area contributed by atoms with Crippen LogP contribution < -0.4 is 0 Å². The predicted octanol–water partition coefficient (Wildman–Crippen LogP) is 5.36. The van der Waals surface area contributed by atoms with Gasteiger partial charge in [0.15, 0.2) is 5.76 Å². The number of furan rings is 1. The first-order valence-corrected chi connectivity index (χ1v) is 7.67. The minimum atomic E-state index is -4.35. The molecule has 25 heavy (non-hydrogen) atoms. The van der Waals surface area contributed by atoms with E-state index in [0.29, 0.717) is 17.0 Å². The number of alkyl halides is 3. The van der Waals surface area contributed by atoms with Crippen molar-refractivity contribution >= 4 is 11.0 Å². The van der Waals surface area contributed by atoms with Gasteiger partial charge in [-0.2, -0.15) is 18.3 Å². The zero-order chi connectivity index (χ0) is 17.4. The summed E-state index contributed by atoms with van der Waals surface area (Å²) in [5.74, 6) is 0.629. The van der Waals surface area contributed by atoms with E-state index in [4.69, 9.17) is 4.42 Å². The number of fused-ring (bicyclic) bond motifs is 1. The van der Waals surface area contributed by atoms with Gasteiger partial charge >= 0.3 is 6.18 Å². The maximum atomic E-state index is 12.8. The minimum Gasteiger partial charge on any atom is -0.454 e. The maximum Gasteiger partial charge on any atom is 0.416 e. The Morgan fingerprint density at radius 2 is 1.80 bits per heavy atom. The molecule has 4 rings (SSSR count). The highest BCUT2D eigenvalue weighted by molar-refractivity contribution is 5.81. The van der Waals surface area contributed by atoms with Gasteiger partial charge in [0.25, 0.3) is 0 Å². The van der Waals surface area contributed by atoms with Gasteiger partial charge in [-0.1, -0.05) is 30.3 Å². The SMILES string of the molecule is FC(F)(F)c1cccc(Cn2ccc(-c3cc4ccccc4o3)n2)c1. The lowest BCUT2D eigenvalue weighted by Crippen LogP contribution is -2.07. The average molecular weight is 342 g/mol. The van der Waals surface area contributed by atoms with Gasteiger partial charge in [-0.25, -0.2) is 0 Å². The van der Waals surface area contributed by atoms with Crippen LogP contribution in [0.2, 0.25) is 0 Å². The number of aromatic nitrogens is 2. The first kappa shape index (κ1) is 15.5. The van der Waals surface area contributed by atoms with Crippen LogP contribution in [0.5, 0.6) is 0 Å². The normalized spacial score (nSPS) is 12.0. The van der Waals surface area contributed by atoms with Crippen LogP contribution >= 0.6 is 0 Å². The standard InChI is InChI=1S/C19H13F3N2O/c20-19(21,22)15-6-3-4-13(10-15)12-24-9-8-16(23-24)18-11-14-5-1-2-7-17(14)25-18/h1-11H,12H2. The first-order valence-electron chi connectivity index (χ1n) is 7.67. The predicted molar refractivity (Wildman–Crippen MR) is 88.0 cm³/mol. The van der Waals surface area contributed by atoms with Crippen molar-refractivity contribution in [2.24, 2.45) is 0 Å². The summed E-state index contributed by atoms with van der Waals surface area (Å²) in [6, 6.07) is 16.6. The summed E-state index contributed by atoms with van der Waals surface area (Å²) in [6.07, 6.45) is -2.62. The fraction of sp³-hybridized carbons (Fsp3) is 0.105. The van der Waals surface area contributed by atoms with Crippen LogP contribution in [0, 0.1) is 0 Å². The second-order valence-corrected chi connectivity index (χ2v) is 5.75. The summed E-state index contributed by atoms with van der Waals surface area (Å²) in [7, 11) is 0. The van der Waals surface area contributed by atoms with Crippen molar-refractivity contribution in [3.63, 3.8) is 0 Å². The molecule has 4 aromatic rings. The summed E-state index contributed by atoms with van der Waals surface area (Å²) < 4.78 is 45.7. The second kappa shape index (κ2) is 5.81. The molecule has 0 bridgehead atoms. The highest BCUT2D eigenvalue weighted by Gasteiger charge is 2.30. The largest absolute Gasteiger partial charge is 0.454 e. The molecule has 0 saturated heterocycles. The number of benzene rings is 2. The van der Waals surface area contributed by atoms with Crippen molar-refractivity contribution in [2.75, 3.05) is 0 Å². The van der Waals surface area contributed by atoms with Gasteiger partial charge in [0, 0.05) is 11.6 Å². The monoisotopic (exact) mass is 342 g/mol. The van der Waals surface area contributed by atoms with Crippen LogP contribution in [0.1, 0.15) is 11.1 Å². The molecule has 2 heterocycles. The third-order valence-electron chi connectivity index (χ3n) is 3.92. The van der Waals surface area contributed by atoms with Crippen LogP contribution in [0.25, 0.3) is 22.4 Å². The number of hydrogen-bond acceptors (Lipinski definition) is 2. The van der Waals surface area contributed by atoms with E-state index in [9.17, 15) is 13.2 Å². The molecule has 0 aliphatic rings. The van der Waals surface area contributed by atoms with Crippen LogP contribution in [0.15, 0.2) is 71.3 Å². The van der Waals surface area contributed by atoms with Gasteiger partial charge in [-0.15, -0.1) is 0 Å². The molecule has 126 valence electrons. The molecule has 0 radical (unpaired) electrons. The van der Waals surface area contributed by atoms with E-state index in [-0.39, 0.29) is 6.54 Å². The molecule has 2 aromatic heterocycles. The van der Waals surface area contributed by atoms with Gasteiger partial charge < -0.3 is 4.42 Å². The van der Waals surface area contributed by atoms with Crippen molar-refractivity contribution in [3.8, 4) is 11.5 Å². The quantitative estimate of drug-likeness (QED) is 0.502. The Morgan fingerprint density at radius 3 is 2.60 bits per heavy atom. The number of halogens is 3. The van der Waals surface area contributed by atoms with E-state index in [2.05, 4.69) is 5.10 Å². The van der Waals surface area contributed by atoms with Gasteiger partial charge in [-0.3, -0.25) is 4.68 Å². The lowest BCUT2D eigenvalue weighted by Gasteiger charge is -2.08. The number of rotatable bonds is 3. The Labute approximate surface area is 141 Å². The van der Waals surface area contributed by atoms with Crippen molar-refractivity contribution in [2.45, 2.75) is 12.7 Å². The molecular weight excluding hydrogens is 329 g/mol. The Bertz CT molecular complexity index is 997. The van der Waals surface area contributed by atoms with Crippen LogP contribution in [-0.4, -0.2) is 9.78 Å². The average Bonchev–Trinajstić information content (AvgIpc) is 3.20. The summed E-state index contributed by atoms with van der Waals surface area (Å²) in [5, 5.41) is 5.38. The van der Waals surface area contributed by atoms with Crippen LogP contribution in [-0.2, 0) is 12.7 Å². The first-order chi connectivity index (χ1) is 12.0. The second-order valence-electron chi connectivity index (χ2n) is 5.75. The highest BCUT2D eigenvalue weighted by Crippen LogP contribution is 2.30. The minimum absolute atomic E-state index is 0.254. The molecule has 0 fully saturated rings. The Morgan fingerprint density at radius 1 is 0.960 bits per heavy atom. The number of para-hydroxylation sites is 1. The molecule has 0 aliphatic carbocycles. The molecule has 0 unspecified atom stereocenters. The summed E-state index contributed by atoms with van der Waals surface area (Å²) >= 11 is 0. The molecule has 0 spiro atoms. The molecule has 3 nitrogen and oxygen atoms in total. The smallest absolute Gasteiger partial charge is 0.416 e. The van der Waals surface area contributed by atoms with Crippen molar-refractivity contribution in [3.05, 3.63) is 78.0 Å². The Balaban J connectivity index is 1.59. The van der Waals surface area contributed by atoms with Crippen molar-refractivity contribution in [1.29, 1.82) is 0 Å². The lowest BCUT2D eigenvalue weighted by atomic mass is 10.1. The van der Waals surface area contributed by atoms with E-state index in [0.717, 1.165) is 23.1 Å². The molecule has 6 heteroatoms. The Kier molecular flexibility index (Phi) is 3.60. The molecule has 0 aliphatic heterocycles. The molecule has 0 saturated carbocycles. The van der Waals surface area contributed by atoms with Crippen molar-refractivity contribution in [1.82, 2.24) is 9.78 Å². The topological polar surface area (TPSA) is 31.0 Å². The van der Waals surface area contributed by atoms with Gasteiger partial charge in [0.2, 0.25) is 0 Å². The highest BCUT2D eigenvalue weighted by atomic mass is 19.4. The fourth-order valence-corrected chi connectivity index (χ4v) is 2.72. The van der Waals surface area contributed by atoms with E-state index in [1.807, 2.05) is 30.3 Å². The molecule has 2 aromatic carbocycles. The van der Waals surface area contributed by atoms with E-state index < -0.39 is 11.7 Å². The van der Waals surface area contributed by atoms with Crippen LogP contribution in [0.3, 0.4) is 0 Å². The lowest BCUT2D eigenvalue weighted by molar-refractivity contribution is -0.137. The summed E-state index contributed by atoms with van der Waals surface area (Å²) in [4.78, 5) is 0. The van der Waals surface area contributed by atoms with Gasteiger partial charge in [0.1, 0.15) is 11.3 Å². The maximum absolute atomic E-state index is 12.8.